The van der Waals surface area contributed by atoms with Gasteiger partial charge in [-0.05, 0) is 55.3 Å². The molecule has 0 amide bonds. The van der Waals surface area contributed by atoms with Crippen LogP contribution in [0.4, 0.5) is 0 Å². The van der Waals surface area contributed by atoms with Crippen LogP contribution in [0.1, 0.15) is 30.9 Å². The zero-order valence-corrected chi connectivity index (χ0v) is 21.2. The Morgan fingerprint density at radius 3 is 2.24 bits per heavy atom. The molecule has 1 unspecified atom stereocenters. The SMILES string of the molecule is CCOc1cc(/C=c2\sc3n(c2=O)C(NC)=C(C#N)C(c2ccc(O)c(OCC)c2)C=3C#N)ccc1O. The van der Waals surface area contributed by atoms with Crippen molar-refractivity contribution in [2.24, 2.45) is 0 Å². The molecule has 2 aromatic carbocycles. The maximum absolute atomic E-state index is 13.5. The molecule has 2 heterocycles. The quantitative estimate of drug-likeness (QED) is 0.435. The molecule has 0 saturated carbocycles. The van der Waals surface area contributed by atoms with Crippen LogP contribution in [0, 0.1) is 22.7 Å². The van der Waals surface area contributed by atoms with Crippen LogP contribution in [0.25, 0.3) is 17.5 Å². The first-order valence-corrected chi connectivity index (χ1v) is 12.3. The highest BCUT2D eigenvalue weighted by Crippen LogP contribution is 2.39. The van der Waals surface area contributed by atoms with Gasteiger partial charge in [0.1, 0.15) is 10.5 Å². The van der Waals surface area contributed by atoms with Crippen LogP contribution in [-0.4, -0.2) is 35.0 Å². The average Bonchev–Trinajstić information content (AvgIpc) is 3.21. The van der Waals surface area contributed by atoms with Crippen molar-refractivity contribution in [2.45, 2.75) is 19.8 Å². The fourth-order valence-corrected chi connectivity index (χ4v) is 5.35. The van der Waals surface area contributed by atoms with Gasteiger partial charge in [0.25, 0.3) is 5.56 Å². The van der Waals surface area contributed by atoms with E-state index >= 15 is 0 Å². The smallest absolute Gasteiger partial charge is 0.274 e. The summed E-state index contributed by atoms with van der Waals surface area (Å²) < 4.78 is 13.0. The zero-order valence-electron chi connectivity index (χ0n) is 20.4. The van der Waals surface area contributed by atoms with Gasteiger partial charge in [-0.2, -0.15) is 10.5 Å². The van der Waals surface area contributed by atoms with Gasteiger partial charge in [0.2, 0.25) is 0 Å². The first-order valence-electron chi connectivity index (χ1n) is 11.5. The van der Waals surface area contributed by atoms with E-state index in [1.165, 1.54) is 16.7 Å². The Kier molecular flexibility index (Phi) is 7.23. The van der Waals surface area contributed by atoms with E-state index < -0.39 is 11.5 Å². The van der Waals surface area contributed by atoms with E-state index in [9.17, 15) is 25.5 Å². The van der Waals surface area contributed by atoms with Crippen molar-refractivity contribution in [2.75, 3.05) is 20.3 Å². The highest BCUT2D eigenvalue weighted by Gasteiger charge is 2.33. The van der Waals surface area contributed by atoms with Crippen molar-refractivity contribution in [3.8, 4) is 35.1 Å². The molecule has 1 aromatic heterocycles. The zero-order chi connectivity index (χ0) is 26.7. The summed E-state index contributed by atoms with van der Waals surface area (Å²) in [5.74, 6) is -0.0382. The van der Waals surface area contributed by atoms with Gasteiger partial charge < -0.3 is 25.0 Å². The molecule has 0 aliphatic carbocycles. The third-order valence-electron chi connectivity index (χ3n) is 5.79. The summed E-state index contributed by atoms with van der Waals surface area (Å²) in [4.78, 5) is 13.5. The number of aromatic nitrogens is 1. The Balaban J connectivity index is 2.01. The predicted octanol–water partition coefficient (Wildman–Crippen LogP) is 2.33. The number of phenols is 2. The van der Waals surface area contributed by atoms with Crippen molar-refractivity contribution in [1.29, 1.82) is 10.5 Å². The number of thiazole rings is 1. The van der Waals surface area contributed by atoms with Crippen molar-refractivity contribution >= 4 is 28.8 Å². The van der Waals surface area contributed by atoms with Gasteiger partial charge in [0, 0.05) is 7.05 Å². The number of hydrogen-bond acceptors (Lipinski definition) is 9. The molecule has 0 spiro atoms. The minimum atomic E-state index is -0.776. The lowest BCUT2D eigenvalue weighted by Crippen LogP contribution is -2.39. The van der Waals surface area contributed by atoms with Gasteiger partial charge in [-0.1, -0.05) is 12.1 Å². The number of nitrogens with one attached hydrogen (secondary N) is 1. The van der Waals surface area contributed by atoms with Crippen molar-refractivity contribution < 1.29 is 19.7 Å². The highest BCUT2D eigenvalue weighted by atomic mass is 32.1. The molecule has 0 bridgehead atoms. The number of phenolic OH excluding ortho intramolecular Hbond substituents is 2. The fraction of sp³-hybridized carbons (Fsp3) is 0.222. The molecule has 0 radical (unpaired) electrons. The first-order chi connectivity index (χ1) is 17.9. The molecule has 3 aromatic rings. The van der Waals surface area contributed by atoms with E-state index in [1.54, 1.807) is 51.2 Å². The molecule has 188 valence electrons. The van der Waals surface area contributed by atoms with E-state index in [0.29, 0.717) is 39.3 Å². The van der Waals surface area contributed by atoms with Crippen LogP contribution in [0.3, 0.4) is 0 Å². The summed E-state index contributed by atoms with van der Waals surface area (Å²) in [6, 6.07) is 13.8. The summed E-state index contributed by atoms with van der Waals surface area (Å²) in [5, 5.41) is 43.5. The number of rotatable bonds is 7. The van der Waals surface area contributed by atoms with Crippen molar-refractivity contribution in [1.82, 2.24) is 9.88 Å². The summed E-state index contributed by atoms with van der Waals surface area (Å²) >= 11 is 1.13. The number of nitriles is 2. The molecule has 9 nitrogen and oxygen atoms in total. The van der Waals surface area contributed by atoms with Crippen LogP contribution in [0.2, 0.25) is 0 Å². The van der Waals surface area contributed by atoms with Gasteiger partial charge in [0.05, 0.1) is 46.9 Å². The second kappa shape index (κ2) is 10.5. The standard InChI is InChI=1S/C27H24N4O5S/c1-4-35-21-10-15(6-8-19(21)32)11-23-26(34)31-25(30-3)17(13-28)24(18(14-29)27(31)37-23)16-7-9-20(33)22(12-16)36-5-2/h6-12,24,30,32-33H,4-5H2,1-3H3/b23-11-. The van der Waals surface area contributed by atoms with Crippen molar-refractivity contribution in [3.63, 3.8) is 0 Å². The molecule has 1 atom stereocenters. The number of benzene rings is 2. The monoisotopic (exact) mass is 516 g/mol. The molecular formula is C27H24N4O5S. The number of nitrogens with zero attached hydrogens (tertiary/aromatic N) is 3. The average molecular weight is 517 g/mol. The molecule has 3 N–H and O–H groups in total. The molecule has 10 heteroatoms. The lowest BCUT2D eigenvalue weighted by Gasteiger charge is -2.24. The topological polar surface area (TPSA) is 141 Å². The minimum absolute atomic E-state index is 0.0106. The lowest BCUT2D eigenvalue weighted by molar-refractivity contribution is 0.317. The van der Waals surface area contributed by atoms with Crippen LogP contribution < -0.4 is 29.5 Å². The van der Waals surface area contributed by atoms with Gasteiger partial charge >= 0.3 is 0 Å². The highest BCUT2D eigenvalue weighted by molar-refractivity contribution is 7.07. The summed E-state index contributed by atoms with van der Waals surface area (Å²) in [7, 11) is 1.61. The molecule has 1 aliphatic rings. The molecule has 1 aliphatic heterocycles. The Morgan fingerprint density at radius 2 is 1.65 bits per heavy atom. The van der Waals surface area contributed by atoms with E-state index in [2.05, 4.69) is 17.5 Å². The summed E-state index contributed by atoms with van der Waals surface area (Å²) in [6.07, 6.45) is 1.65. The number of hydrogen-bond donors (Lipinski definition) is 3. The van der Waals surface area contributed by atoms with Gasteiger partial charge in [-0.3, -0.25) is 9.36 Å². The fourth-order valence-electron chi connectivity index (χ4n) is 4.22. The Hall–Kier alpha value is -4.67. The number of allylic oxidation sites excluding steroid dienone is 1. The second-order valence-corrected chi connectivity index (χ2v) is 8.99. The molecule has 37 heavy (non-hydrogen) atoms. The third kappa shape index (κ3) is 4.51. The third-order valence-corrected chi connectivity index (χ3v) is 6.89. The van der Waals surface area contributed by atoms with E-state index in [-0.39, 0.29) is 34.2 Å². The van der Waals surface area contributed by atoms with Gasteiger partial charge in [-0.15, -0.1) is 11.3 Å². The number of fused-ring (bicyclic) bond motifs is 1. The molecule has 0 saturated heterocycles. The summed E-state index contributed by atoms with van der Waals surface area (Å²) in [6.45, 7) is 4.28. The van der Waals surface area contributed by atoms with E-state index in [0.717, 1.165) is 11.3 Å². The van der Waals surface area contributed by atoms with E-state index in [1.807, 2.05) is 0 Å². The summed E-state index contributed by atoms with van der Waals surface area (Å²) in [5.41, 5.74) is 1.22. The predicted molar refractivity (Wildman–Crippen MR) is 140 cm³/mol. The maximum atomic E-state index is 13.5. The van der Waals surface area contributed by atoms with Gasteiger partial charge in [-0.25, -0.2) is 0 Å². The number of aromatic hydroxyl groups is 2. The van der Waals surface area contributed by atoms with Crippen LogP contribution in [0.15, 0.2) is 46.8 Å². The minimum Gasteiger partial charge on any atom is -0.504 e. The van der Waals surface area contributed by atoms with E-state index in [4.69, 9.17) is 9.47 Å². The second-order valence-electron chi connectivity index (χ2n) is 7.96. The molecule has 0 fully saturated rings. The molecule has 4 rings (SSSR count). The van der Waals surface area contributed by atoms with Crippen LogP contribution >= 0.6 is 11.3 Å². The van der Waals surface area contributed by atoms with Crippen LogP contribution in [-0.2, 0) is 0 Å². The van der Waals surface area contributed by atoms with Crippen LogP contribution in [0.5, 0.6) is 23.0 Å². The normalized spacial score (nSPS) is 15.1. The Bertz CT molecular complexity index is 1670. The largest absolute Gasteiger partial charge is 0.504 e. The lowest BCUT2D eigenvalue weighted by atomic mass is 9.84. The Morgan fingerprint density at radius 1 is 1.03 bits per heavy atom. The first kappa shape index (κ1) is 25.4. The molecular weight excluding hydrogens is 492 g/mol. The van der Waals surface area contributed by atoms with Crippen molar-refractivity contribution in [3.05, 3.63) is 72.6 Å². The number of ether oxygens (including phenoxy) is 2. The maximum Gasteiger partial charge on any atom is 0.274 e. The van der Waals surface area contributed by atoms with Gasteiger partial charge in [0.15, 0.2) is 23.0 Å². The Labute approximate surface area is 216 Å².